The molecule has 2 aromatic rings. The molecule has 0 atom stereocenters. The highest BCUT2D eigenvalue weighted by atomic mass is 32.2. The third kappa shape index (κ3) is 4.43. The summed E-state index contributed by atoms with van der Waals surface area (Å²) in [5.41, 5.74) is 8.64. The molecule has 9 nitrogen and oxygen atoms in total. The zero-order valence-electron chi connectivity index (χ0n) is 14.6. The SMILES string of the molecule is Cc1ccc(S(=O)(=O)c2nc(/C=N\NC(N)=S)oc2N2CCOCC2)cc1. The van der Waals surface area contributed by atoms with Crippen molar-refractivity contribution >= 4 is 39.3 Å². The summed E-state index contributed by atoms with van der Waals surface area (Å²) in [6, 6.07) is 6.56. The van der Waals surface area contributed by atoms with Gasteiger partial charge in [0, 0.05) is 13.1 Å². The molecule has 3 rings (SSSR count). The minimum Gasteiger partial charge on any atom is -0.418 e. The number of morpholine rings is 1. The molecule has 1 aromatic heterocycles. The maximum Gasteiger partial charge on any atom is 0.243 e. The average molecular weight is 409 g/mol. The van der Waals surface area contributed by atoms with Crippen LogP contribution in [0, 0.1) is 6.92 Å². The molecule has 0 unspecified atom stereocenters. The van der Waals surface area contributed by atoms with Gasteiger partial charge < -0.3 is 19.8 Å². The average Bonchev–Trinajstić information content (AvgIpc) is 3.08. The molecule has 0 radical (unpaired) electrons. The zero-order chi connectivity index (χ0) is 19.4. The number of aryl methyl sites for hydroxylation is 1. The predicted octanol–water partition coefficient (Wildman–Crippen LogP) is 0.820. The van der Waals surface area contributed by atoms with E-state index in [0.29, 0.717) is 26.3 Å². The zero-order valence-corrected chi connectivity index (χ0v) is 16.2. The number of oxazole rings is 1. The van der Waals surface area contributed by atoms with Gasteiger partial charge in [0.1, 0.15) is 6.21 Å². The van der Waals surface area contributed by atoms with Crippen LogP contribution in [0.1, 0.15) is 11.5 Å². The monoisotopic (exact) mass is 409 g/mol. The van der Waals surface area contributed by atoms with Crippen LogP contribution >= 0.6 is 12.2 Å². The minimum atomic E-state index is -3.88. The molecule has 144 valence electrons. The lowest BCUT2D eigenvalue weighted by Crippen LogP contribution is -2.36. The van der Waals surface area contributed by atoms with Gasteiger partial charge in [-0.1, -0.05) is 17.7 Å². The highest BCUT2D eigenvalue weighted by Crippen LogP contribution is 2.31. The number of thiocarbonyl (C=S) groups is 1. The number of aromatic nitrogens is 1. The Morgan fingerprint density at radius 3 is 2.63 bits per heavy atom. The molecule has 1 aromatic carbocycles. The molecule has 1 aliphatic heterocycles. The molecule has 0 saturated carbocycles. The number of nitrogens with two attached hydrogens (primary N) is 1. The van der Waals surface area contributed by atoms with Crippen LogP contribution in [0.25, 0.3) is 0 Å². The molecular weight excluding hydrogens is 390 g/mol. The maximum absolute atomic E-state index is 13.1. The van der Waals surface area contributed by atoms with E-state index in [-0.39, 0.29) is 26.8 Å². The summed E-state index contributed by atoms with van der Waals surface area (Å²) in [5, 5.41) is 3.58. The van der Waals surface area contributed by atoms with E-state index in [2.05, 4.69) is 27.7 Å². The third-order valence-corrected chi connectivity index (χ3v) is 5.59. The van der Waals surface area contributed by atoms with Gasteiger partial charge in [-0.15, -0.1) is 0 Å². The summed E-state index contributed by atoms with van der Waals surface area (Å²) in [6.07, 6.45) is 1.22. The number of hydrazone groups is 1. The van der Waals surface area contributed by atoms with Gasteiger partial charge in [0.15, 0.2) is 5.11 Å². The smallest absolute Gasteiger partial charge is 0.243 e. The number of benzene rings is 1. The van der Waals surface area contributed by atoms with E-state index in [1.807, 2.05) is 6.92 Å². The summed E-state index contributed by atoms with van der Waals surface area (Å²) in [4.78, 5) is 6.07. The van der Waals surface area contributed by atoms with Gasteiger partial charge in [-0.05, 0) is 31.3 Å². The second-order valence-electron chi connectivity index (χ2n) is 5.81. The van der Waals surface area contributed by atoms with Crippen molar-refractivity contribution < 1.29 is 17.6 Å². The van der Waals surface area contributed by atoms with Crippen LogP contribution in [-0.2, 0) is 14.6 Å². The molecule has 1 fully saturated rings. The van der Waals surface area contributed by atoms with E-state index < -0.39 is 9.84 Å². The molecule has 0 bridgehead atoms. The van der Waals surface area contributed by atoms with E-state index in [1.54, 1.807) is 29.2 Å². The van der Waals surface area contributed by atoms with Crippen molar-refractivity contribution in [3.05, 3.63) is 35.7 Å². The van der Waals surface area contributed by atoms with Gasteiger partial charge in [0.25, 0.3) is 0 Å². The lowest BCUT2D eigenvalue weighted by Gasteiger charge is -2.26. The van der Waals surface area contributed by atoms with Gasteiger partial charge >= 0.3 is 0 Å². The summed E-state index contributed by atoms with van der Waals surface area (Å²) in [7, 11) is -3.88. The fraction of sp³-hybridized carbons (Fsp3) is 0.312. The topological polar surface area (TPSA) is 123 Å². The van der Waals surface area contributed by atoms with Crippen LogP contribution in [-0.4, -0.2) is 51.0 Å². The van der Waals surface area contributed by atoms with E-state index in [0.717, 1.165) is 5.56 Å². The first-order valence-electron chi connectivity index (χ1n) is 8.12. The summed E-state index contributed by atoms with van der Waals surface area (Å²) >= 11 is 4.66. The Bertz CT molecular complexity index is 948. The predicted molar refractivity (Wildman–Crippen MR) is 104 cm³/mol. The van der Waals surface area contributed by atoms with Crippen LogP contribution in [0.4, 0.5) is 5.88 Å². The molecule has 1 aliphatic rings. The van der Waals surface area contributed by atoms with Crippen LogP contribution in [0.15, 0.2) is 43.7 Å². The summed E-state index contributed by atoms with van der Waals surface area (Å²) in [5.74, 6) is 0.182. The Hall–Kier alpha value is -2.50. The van der Waals surface area contributed by atoms with Crippen molar-refractivity contribution in [3.63, 3.8) is 0 Å². The van der Waals surface area contributed by atoms with Crippen LogP contribution < -0.4 is 16.1 Å². The fourth-order valence-corrected chi connectivity index (χ4v) is 3.87. The number of nitrogens with zero attached hydrogens (tertiary/aromatic N) is 3. The molecule has 2 heterocycles. The number of rotatable bonds is 5. The van der Waals surface area contributed by atoms with Gasteiger partial charge in [0.05, 0.1) is 18.1 Å². The standard InChI is InChI=1S/C16H19N5O4S2/c1-11-2-4-12(5-3-11)27(22,23)14-15(21-6-8-24-9-7-21)25-13(19-14)10-18-20-16(17)26/h2-5,10H,6-9H2,1H3,(H3,17,20,26)/b18-10-. The highest BCUT2D eigenvalue weighted by molar-refractivity contribution is 7.91. The second kappa shape index (κ2) is 8.03. The van der Waals surface area contributed by atoms with Gasteiger partial charge in [-0.3, -0.25) is 5.43 Å². The van der Waals surface area contributed by atoms with E-state index in [9.17, 15) is 8.42 Å². The molecule has 0 spiro atoms. The Morgan fingerprint density at radius 1 is 1.33 bits per heavy atom. The van der Waals surface area contributed by atoms with Gasteiger partial charge in [-0.2, -0.15) is 10.1 Å². The van der Waals surface area contributed by atoms with E-state index in [1.165, 1.54) is 6.21 Å². The maximum atomic E-state index is 13.1. The van der Waals surface area contributed by atoms with Crippen molar-refractivity contribution in [3.8, 4) is 0 Å². The highest BCUT2D eigenvalue weighted by Gasteiger charge is 2.31. The summed E-state index contributed by atoms with van der Waals surface area (Å²) in [6.45, 7) is 3.81. The first kappa shape index (κ1) is 19.3. The fourth-order valence-electron chi connectivity index (χ4n) is 2.49. The number of ether oxygens (including phenoxy) is 1. The van der Waals surface area contributed by atoms with Gasteiger partial charge in [0.2, 0.25) is 26.6 Å². The van der Waals surface area contributed by atoms with Gasteiger partial charge in [-0.25, -0.2) is 8.42 Å². The van der Waals surface area contributed by atoms with Crippen LogP contribution in [0.5, 0.6) is 0 Å². The van der Waals surface area contributed by atoms with E-state index >= 15 is 0 Å². The number of hydrogen-bond acceptors (Lipinski definition) is 8. The number of anilines is 1. The van der Waals surface area contributed by atoms with Crippen molar-refractivity contribution in [1.29, 1.82) is 0 Å². The number of hydrogen-bond donors (Lipinski definition) is 2. The van der Waals surface area contributed by atoms with Crippen LogP contribution in [0.2, 0.25) is 0 Å². The summed E-state index contributed by atoms with van der Waals surface area (Å²) < 4.78 is 37.2. The minimum absolute atomic E-state index is 0.0194. The van der Waals surface area contributed by atoms with Crippen molar-refractivity contribution in [2.45, 2.75) is 16.8 Å². The van der Waals surface area contributed by atoms with Crippen LogP contribution in [0.3, 0.4) is 0 Å². The Balaban J connectivity index is 2.03. The first-order chi connectivity index (χ1) is 12.9. The van der Waals surface area contributed by atoms with Crippen molar-refractivity contribution in [1.82, 2.24) is 10.4 Å². The molecule has 3 N–H and O–H groups in total. The molecule has 0 amide bonds. The quantitative estimate of drug-likeness (QED) is 0.420. The number of sulfone groups is 1. The number of nitrogens with one attached hydrogen (secondary N) is 1. The molecule has 1 saturated heterocycles. The molecular formula is C16H19N5O4S2. The molecule has 27 heavy (non-hydrogen) atoms. The van der Waals surface area contributed by atoms with E-state index in [4.69, 9.17) is 14.9 Å². The Morgan fingerprint density at radius 2 is 2.00 bits per heavy atom. The lowest BCUT2D eigenvalue weighted by molar-refractivity contribution is 0.120. The Labute approximate surface area is 162 Å². The second-order valence-corrected chi connectivity index (χ2v) is 8.12. The molecule has 0 aliphatic carbocycles. The lowest BCUT2D eigenvalue weighted by atomic mass is 10.2. The molecule has 11 heteroatoms. The normalized spacial score (nSPS) is 15.2. The van der Waals surface area contributed by atoms with Crippen molar-refractivity contribution in [2.24, 2.45) is 10.8 Å². The third-order valence-electron chi connectivity index (χ3n) is 3.83. The van der Waals surface area contributed by atoms with Crippen molar-refractivity contribution in [2.75, 3.05) is 31.2 Å². The first-order valence-corrected chi connectivity index (χ1v) is 10.0. The Kier molecular flexibility index (Phi) is 5.73. The largest absolute Gasteiger partial charge is 0.418 e.